The number of nitrogens with one attached hydrogen (secondary N) is 1. The summed E-state index contributed by atoms with van der Waals surface area (Å²) >= 11 is 0. The van der Waals surface area contributed by atoms with Crippen molar-refractivity contribution in [3.63, 3.8) is 0 Å². The molecule has 1 aliphatic rings. The second kappa shape index (κ2) is 7.63. The minimum atomic E-state index is -0.692. The monoisotopic (exact) mass is 332 g/mol. The van der Waals surface area contributed by atoms with Crippen molar-refractivity contribution < 1.29 is 23.9 Å². The first-order valence-corrected chi connectivity index (χ1v) is 7.53. The van der Waals surface area contributed by atoms with E-state index in [1.54, 1.807) is 17.0 Å². The molecule has 0 aliphatic carbocycles. The molecule has 2 rings (SSSR count). The van der Waals surface area contributed by atoms with Crippen LogP contribution in [0.5, 0.6) is 0 Å². The van der Waals surface area contributed by atoms with Gasteiger partial charge >= 0.3 is 11.9 Å². The van der Waals surface area contributed by atoms with Gasteiger partial charge in [0.05, 0.1) is 20.3 Å². The van der Waals surface area contributed by atoms with Crippen molar-refractivity contribution in [1.29, 1.82) is 0 Å². The molecule has 0 spiro atoms. The van der Waals surface area contributed by atoms with Gasteiger partial charge in [-0.05, 0) is 31.0 Å². The van der Waals surface area contributed by atoms with Gasteiger partial charge in [-0.3, -0.25) is 4.79 Å². The summed E-state index contributed by atoms with van der Waals surface area (Å²) in [6.07, 6.45) is 2.39. The first-order chi connectivity index (χ1) is 11.5. The molecule has 0 aromatic heterocycles. The minimum absolute atomic E-state index is 0.0441. The predicted octanol–water partition coefficient (Wildman–Crippen LogP) is 1.76. The molecule has 1 saturated heterocycles. The van der Waals surface area contributed by atoms with Crippen LogP contribution in [0.1, 0.15) is 18.4 Å². The largest absolute Gasteiger partial charge is 0.466 e. The summed E-state index contributed by atoms with van der Waals surface area (Å²) < 4.78 is 9.22. The van der Waals surface area contributed by atoms with Gasteiger partial charge in [-0.25, -0.2) is 9.59 Å². The zero-order valence-corrected chi connectivity index (χ0v) is 13.9. The van der Waals surface area contributed by atoms with E-state index in [4.69, 9.17) is 0 Å². The highest BCUT2D eigenvalue weighted by molar-refractivity contribution is 6.00. The zero-order chi connectivity index (χ0) is 17.7. The Morgan fingerprint density at radius 1 is 1.25 bits per heavy atom. The van der Waals surface area contributed by atoms with E-state index >= 15 is 0 Å². The summed E-state index contributed by atoms with van der Waals surface area (Å²) in [5.41, 5.74) is 2.14. The Kier molecular flexibility index (Phi) is 5.57. The molecule has 1 fully saturated rings. The standard InChI is InChI=1S/C17H20N2O5/c1-11-12(18-13(17(22)24-3)10-16(21)23-2)6-4-7-14(11)19-9-5-8-15(19)20/h4,6-7,10,18H,5,8-9H2,1-3H3/b13-10+. The number of hydrogen-bond acceptors (Lipinski definition) is 6. The van der Waals surface area contributed by atoms with E-state index in [0.29, 0.717) is 18.7 Å². The lowest BCUT2D eigenvalue weighted by atomic mass is 10.1. The maximum Gasteiger partial charge on any atom is 0.354 e. The van der Waals surface area contributed by atoms with Crippen LogP contribution in [-0.4, -0.2) is 38.6 Å². The molecule has 0 bridgehead atoms. The minimum Gasteiger partial charge on any atom is -0.466 e. The lowest BCUT2D eigenvalue weighted by Crippen LogP contribution is -2.25. The van der Waals surface area contributed by atoms with Crippen LogP contribution in [-0.2, 0) is 23.9 Å². The maximum atomic E-state index is 12.0. The van der Waals surface area contributed by atoms with E-state index in [-0.39, 0.29) is 11.6 Å². The van der Waals surface area contributed by atoms with Gasteiger partial charge in [0, 0.05) is 24.3 Å². The number of carbonyl (C=O) groups excluding carboxylic acids is 3. The van der Waals surface area contributed by atoms with Gasteiger partial charge in [0.1, 0.15) is 5.70 Å². The molecule has 1 aromatic rings. The summed E-state index contributed by atoms with van der Waals surface area (Å²) in [4.78, 5) is 37.0. The first-order valence-electron chi connectivity index (χ1n) is 7.53. The Morgan fingerprint density at radius 2 is 2.00 bits per heavy atom. The molecule has 0 atom stereocenters. The molecule has 1 N–H and O–H groups in total. The lowest BCUT2D eigenvalue weighted by Gasteiger charge is -2.21. The Balaban J connectivity index is 2.34. The third-order valence-electron chi connectivity index (χ3n) is 3.81. The van der Waals surface area contributed by atoms with Gasteiger partial charge in [0.2, 0.25) is 5.91 Å². The number of rotatable bonds is 5. The summed E-state index contributed by atoms with van der Waals surface area (Å²) in [6.45, 7) is 2.52. The lowest BCUT2D eigenvalue weighted by molar-refractivity contribution is -0.138. The van der Waals surface area contributed by atoms with Gasteiger partial charge in [-0.15, -0.1) is 0 Å². The highest BCUT2D eigenvalue weighted by Crippen LogP contribution is 2.30. The van der Waals surface area contributed by atoms with Crippen LogP contribution in [0.3, 0.4) is 0 Å². The molecule has 0 radical (unpaired) electrons. The second-order valence-electron chi connectivity index (χ2n) is 5.30. The van der Waals surface area contributed by atoms with Crippen LogP contribution in [0, 0.1) is 6.92 Å². The zero-order valence-electron chi connectivity index (χ0n) is 13.9. The number of methoxy groups -OCH3 is 2. The molecular formula is C17H20N2O5. The summed E-state index contributed by atoms with van der Waals surface area (Å²) in [5, 5.41) is 2.89. The van der Waals surface area contributed by atoms with Gasteiger partial charge in [-0.1, -0.05) is 6.07 Å². The fourth-order valence-electron chi connectivity index (χ4n) is 2.53. The normalized spacial score (nSPS) is 14.5. The molecule has 1 amide bonds. The average Bonchev–Trinajstić information content (AvgIpc) is 3.00. The van der Waals surface area contributed by atoms with Gasteiger partial charge < -0.3 is 19.7 Å². The average molecular weight is 332 g/mol. The van der Waals surface area contributed by atoms with Crippen molar-refractivity contribution in [2.45, 2.75) is 19.8 Å². The highest BCUT2D eigenvalue weighted by atomic mass is 16.5. The van der Waals surface area contributed by atoms with Gasteiger partial charge in [0.25, 0.3) is 0 Å². The van der Waals surface area contributed by atoms with Crippen molar-refractivity contribution in [3.8, 4) is 0 Å². The number of benzene rings is 1. The molecule has 128 valence electrons. The summed E-state index contributed by atoms with van der Waals surface area (Å²) in [7, 11) is 2.44. The Morgan fingerprint density at radius 3 is 2.58 bits per heavy atom. The number of nitrogens with zero attached hydrogens (tertiary/aromatic N) is 1. The van der Waals surface area contributed by atoms with E-state index in [9.17, 15) is 14.4 Å². The van der Waals surface area contributed by atoms with E-state index in [1.165, 1.54) is 14.2 Å². The maximum absolute atomic E-state index is 12.0. The summed E-state index contributed by atoms with van der Waals surface area (Å²) in [5.74, 6) is -1.29. The van der Waals surface area contributed by atoms with Crippen LogP contribution >= 0.6 is 0 Å². The number of hydrogen-bond donors (Lipinski definition) is 1. The van der Waals surface area contributed by atoms with E-state index in [2.05, 4.69) is 14.8 Å². The number of carbonyl (C=O) groups is 3. The van der Waals surface area contributed by atoms with Crippen molar-refractivity contribution >= 4 is 29.2 Å². The second-order valence-corrected chi connectivity index (χ2v) is 5.30. The third kappa shape index (κ3) is 3.73. The van der Waals surface area contributed by atoms with Gasteiger partial charge in [0.15, 0.2) is 0 Å². The van der Waals surface area contributed by atoms with Crippen LogP contribution in [0.25, 0.3) is 0 Å². The van der Waals surface area contributed by atoms with Crippen molar-refractivity contribution in [2.75, 3.05) is 31.0 Å². The highest BCUT2D eigenvalue weighted by Gasteiger charge is 2.24. The third-order valence-corrected chi connectivity index (χ3v) is 3.81. The van der Waals surface area contributed by atoms with E-state index in [1.807, 2.05) is 13.0 Å². The molecule has 0 unspecified atom stereocenters. The number of esters is 2. The number of anilines is 2. The van der Waals surface area contributed by atoms with Crippen LogP contribution < -0.4 is 10.2 Å². The fourth-order valence-corrected chi connectivity index (χ4v) is 2.53. The first kappa shape index (κ1) is 17.5. The fraction of sp³-hybridized carbons (Fsp3) is 0.353. The van der Waals surface area contributed by atoms with E-state index < -0.39 is 11.9 Å². The Bertz CT molecular complexity index is 696. The summed E-state index contributed by atoms with van der Waals surface area (Å²) in [6, 6.07) is 5.39. The van der Waals surface area contributed by atoms with Crippen LogP contribution in [0.2, 0.25) is 0 Å². The number of amides is 1. The van der Waals surface area contributed by atoms with Crippen LogP contribution in [0.15, 0.2) is 30.0 Å². The quantitative estimate of drug-likeness (QED) is 0.653. The molecule has 1 aliphatic heterocycles. The molecule has 1 aromatic carbocycles. The smallest absolute Gasteiger partial charge is 0.354 e. The molecule has 0 saturated carbocycles. The number of ether oxygens (including phenoxy) is 2. The topological polar surface area (TPSA) is 84.9 Å². The molecular weight excluding hydrogens is 312 g/mol. The van der Waals surface area contributed by atoms with Crippen molar-refractivity contribution in [1.82, 2.24) is 0 Å². The molecule has 7 nitrogen and oxygen atoms in total. The van der Waals surface area contributed by atoms with E-state index in [0.717, 1.165) is 23.7 Å². The molecule has 24 heavy (non-hydrogen) atoms. The predicted molar refractivity (Wildman–Crippen MR) is 88.5 cm³/mol. The van der Waals surface area contributed by atoms with Crippen molar-refractivity contribution in [2.24, 2.45) is 0 Å². The Labute approximate surface area is 140 Å². The SMILES string of the molecule is COC(=O)/C=C(/Nc1cccc(N2CCCC2=O)c1C)C(=O)OC. The van der Waals surface area contributed by atoms with Gasteiger partial charge in [-0.2, -0.15) is 0 Å². The van der Waals surface area contributed by atoms with Crippen molar-refractivity contribution in [3.05, 3.63) is 35.5 Å². The van der Waals surface area contributed by atoms with Crippen LogP contribution in [0.4, 0.5) is 11.4 Å². The Hall–Kier alpha value is -2.83. The molecule has 7 heteroatoms. The molecule has 1 heterocycles.